The molecule has 0 amide bonds. The molecule has 2 nitrogen and oxygen atoms in total. The van der Waals surface area contributed by atoms with Crippen LogP contribution in [0.4, 0.5) is 0 Å². The summed E-state index contributed by atoms with van der Waals surface area (Å²) in [5.74, 6) is 0. The van der Waals surface area contributed by atoms with E-state index >= 15 is 0 Å². The molecule has 2 heterocycles. The molecule has 3 aromatic rings. The van der Waals surface area contributed by atoms with E-state index in [1.165, 1.54) is 22.2 Å². The first-order valence-corrected chi connectivity index (χ1v) is 6.30. The van der Waals surface area contributed by atoms with E-state index in [4.69, 9.17) is 12.2 Å². The molecule has 0 atom stereocenters. The van der Waals surface area contributed by atoms with E-state index in [0.717, 1.165) is 9.65 Å². The molecule has 16 heavy (non-hydrogen) atoms. The van der Waals surface area contributed by atoms with Crippen molar-refractivity contribution >= 4 is 34.5 Å². The summed E-state index contributed by atoms with van der Waals surface area (Å²) in [7, 11) is 0. The molecule has 0 aliphatic rings. The Bertz CT molecular complexity index is 703. The van der Waals surface area contributed by atoms with Crippen LogP contribution in [0.5, 0.6) is 0 Å². The van der Waals surface area contributed by atoms with Crippen molar-refractivity contribution in [1.82, 2.24) is 9.97 Å². The molecule has 0 saturated heterocycles. The number of aromatic nitrogens is 2. The summed E-state index contributed by atoms with van der Waals surface area (Å²) in [5.41, 5.74) is 4.67. The maximum atomic E-state index is 5.13. The number of thiazole rings is 1. The average molecular weight is 246 g/mol. The topological polar surface area (TPSA) is 31.6 Å². The van der Waals surface area contributed by atoms with Crippen molar-refractivity contribution in [3.63, 3.8) is 0 Å². The summed E-state index contributed by atoms with van der Waals surface area (Å²) in [4.78, 5) is 6.61. The Hall–Kier alpha value is -1.39. The van der Waals surface area contributed by atoms with Gasteiger partial charge in [-0.15, -0.1) is 11.3 Å². The fraction of sp³-hybridized carbons (Fsp3) is 0.0833. The lowest BCUT2D eigenvalue weighted by Crippen LogP contribution is -1.78. The average Bonchev–Trinajstić information content (AvgIpc) is 2.80. The van der Waals surface area contributed by atoms with Crippen LogP contribution >= 0.6 is 23.6 Å². The van der Waals surface area contributed by atoms with Gasteiger partial charge in [0.05, 0.1) is 5.69 Å². The van der Waals surface area contributed by atoms with Gasteiger partial charge in [-0.3, -0.25) is 0 Å². The highest BCUT2D eigenvalue weighted by atomic mass is 32.1. The molecule has 0 unspecified atom stereocenters. The Balaban J connectivity index is 2.38. The summed E-state index contributed by atoms with van der Waals surface area (Å²) in [6, 6.07) is 8.31. The number of H-pyrrole nitrogens is 2. The number of rotatable bonds is 1. The Morgan fingerprint density at radius 1 is 1.19 bits per heavy atom. The van der Waals surface area contributed by atoms with Gasteiger partial charge in [-0.1, -0.05) is 18.2 Å². The van der Waals surface area contributed by atoms with Crippen molar-refractivity contribution < 1.29 is 0 Å². The Morgan fingerprint density at radius 2 is 2.00 bits per heavy atom. The highest BCUT2D eigenvalue weighted by Crippen LogP contribution is 2.31. The maximum Gasteiger partial charge on any atom is 0.158 e. The van der Waals surface area contributed by atoms with Gasteiger partial charge < -0.3 is 9.97 Å². The van der Waals surface area contributed by atoms with Crippen molar-refractivity contribution in [2.75, 3.05) is 0 Å². The van der Waals surface area contributed by atoms with Gasteiger partial charge in [0.25, 0.3) is 0 Å². The van der Waals surface area contributed by atoms with E-state index in [1.54, 1.807) is 11.3 Å². The molecule has 1 aromatic carbocycles. The van der Waals surface area contributed by atoms with Gasteiger partial charge in [-0.2, -0.15) is 0 Å². The number of aromatic amines is 2. The third-order valence-electron chi connectivity index (χ3n) is 2.68. The highest BCUT2D eigenvalue weighted by Gasteiger charge is 2.10. The normalized spacial score (nSPS) is 11.1. The van der Waals surface area contributed by atoms with E-state index in [0.29, 0.717) is 0 Å². The van der Waals surface area contributed by atoms with Crippen molar-refractivity contribution in [1.29, 1.82) is 0 Å². The van der Waals surface area contributed by atoms with Crippen LogP contribution in [0, 0.1) is 10.9 Å². The summed E-state index contributed by atoms with van der Waals surface area (Å²) in [6.07, 6.45) is 0. The Labute approximate surface area is 102 Å². The van der Waals surface area contributed by atoms with Crippen LogP contribution in [0.15, 0.2) is 29.6 Å². The fourth-order valence-electron chi connectivity index (χ4n) is 2.03. The molecule has 2 aromatic heterocycles. The highest BCUT2D eigenvalue weighted by molar-refractivity contribution is 7.73. The zero-order valence-corrected chi connectivity index (χ0v) is 10.3. The third-order valence-corrected chi connectivity index (χ3v) is 3.74. The summed E-state index contributed by atoms with van der Waals surface area (Å²) in [5, 5.41) is 3.31. The number of hydrogen-bond acceptors (Lipinski definition) is 2. The predicted molar refractivity (Wildman–Crippen MR) is 71.5 cm³/mol. The van der Waals surface area contributed by atoms with E-state index in [-0.39, 0.29) is 0 Å². The van der Waals surface area contributed by atoms with Gasteiger partial charge >= 0.3 is 0 Å². The van der Waals surface area contributed by atoms with Crippen LogP contribution in [-0.2, 0) is 0 Å². The lowest BCUT2D eigenvalue weighted by molar-refractivity contribution is 1.28. The molecule has 0 spiro atoms. The summed E-state index contributed by atoms with van der Waals surface area (Å²) >= 11 is 6.69. The molecular formula is C12H10N2S2. The second-order valence-corrected chi connectivity index (χ2v) is 5.28. The van der Waals surface area contributed by atoms with Crippen LogP contribution in [0.2, 0.25) is 0 Å². The van der Waals surface area contributed by atoms with Crippen LogP contribution in [0.1, 0.15) is 5.69 Å². The number of fused-ring (bicyclic) bond motifs is 1. The molecule has 4 heteroatoms. The minimum Gasteiger partial charge on any atom is -0.358 e. The number of aryl methyl sites for hydroxylation is 1. The van der Waals surface area contributed by atoms with Gasteiger partial charge in [-0.25, -0.2) is 0 Å². The molecule has 3 rings (SSSR count). The molecular weight excluding hydrogens is 236 g/mol. The molecule has 2 N–H and O–H groups in total. The number of benzene rings is 1. The molecule has 0 bridgehead atoms. The molecule has 0 radical (unpaired) electrons. The summed E-state index contributed by atoms with van der Waals surface area (Å²) < 4.78 is 0.819. The fourth-order valence-corrected chi connectivity index (χ4v) is 2.85. The van der Waals surface area contributed by atoms with Crippen molar-refractivity contribution in [3.05, 3.63) is 39.3 Å². The zero-order valence-electron chi connectivity index (χ0n) is 8.70. The van der Waals surface area contributed by atoms with Gasteiger partial charge in [0, 0.05) is 27.5 Å². The molecule has 0 saturated carbocycles. The second kappa shape index (κ2) is 3.57. The number of nitrogens with one attached hydrogen (secondary N) is 2. The smallest absolute Gasteiger partial charge is 0.158 e. The second-order valence-electron chi connectivity index (χ2n) is 3.73. The van der Waals surface area contributed by atoms with E-state index in [1.807, 2.05) is 6.07 Å². The minimum absolute atomic E-state index is 0.819. The standard InChI is InChI=1S/C12H10N2S2/c1-7-11(10-6-16-12(15)14-10)8-4-2-3-5-9(8)13-7/h2-6,13H,1H3,(H,14,15). The largest absolute Gasteiger partial charge is 0.358 e. The van der Waals surface area contributed by atoms with Gasteiger partial charge in [0.15, 0.2) is 3.95 Å². The van der Waals surface area contributed by atoms with E-state index in [9.17, 15) is 0 Å². The van der Waals surface area contributed by atoms with Crippen LogP contribution in [-0.4, -0.2) is 9.97 Å². The van der Waals surface area contributed by atoms with Crippen LogP contribution < -0.4 is 0 Å². The lowest BCUT2D eigenvalue weighted by atomic mass is 10.1. The first-order valence-electron chi connectivity index (χ1n) is 5.01. The maximum absolute atomic E-state index is 5.13. The van der Waals surface area contributed by atoms with E-state index < -0.39 is 0 Å². The minimum atomic E-state index is 0.819. The van der Waals surface area contributed by atoms with Gasteiger partial charge in [0.2, 0.25) is 0 Å². The van der Waals surface area contributed by atoms with Crippen LogP contribution in [0.25, 0.3) is 22.2 Å². The first-order chi connectivity index (χ1) is 7.75. The van der Waals surface area contributed by atoms with Crippen molar-refractivity contribution in [3.8, 4) is 11.3 Å². The molecule has 0 aliphatic carbocycles. The summed E-state index contributed by atoms with van der Waals surface area (Å²) in [6.45, 7) is 2.09. The SMILES string of the molecule is Cc1[nH]c2ccccc2c1-c1csc(=S)[nH]1. The van der Waals surface area contributed by atoms with E-state index in [2.05, 4.69) is 40.5 Å². The quantitative estimate of drug-likeness (QED) is 0.618. The van der Waals surface area contributed by atoms with Gasteiger partial charge in [-0.05, 0) is 25.2 Å². The molecule has 0 fully saturated rings. The monoisotopic (exact) mass is 246 g/mol. The van der Waals surface area contributed by atoms with Crippen LogP contribution in [0.3, 0.4) is 0 Å². The first kappa shape index (κ1) is 9.81. The number of para-hydroxylation sites is 1. The molecule has 0 aliphatic heterocycles. The Kier molecular flexibility index (Phi) is 2.19. The zero-order chi connectivity index (χ0) is 11.1. The Morgan fingerprint density at radius 3 is 2.75 bits per heavy atom. The van der Waals surface area contributed by atoms with Crippen molar-refractivity contribution in [2.45, 2.75) is 6.92 Å². The third kappa shape index (κ3) is 1.42. The lowest BCUT2D eigenvalue weighted by Gasteiger charge is -1.96. The number of hydrogen-bond donors (Lipinski definition) is 2. The predicted octanol–water partition coefficient (Wildman–Crippen LogP) is 4.26. The molecule has 80 valence electrons. The van der Waals surface area contributed by atoms with Gasteiger partial charge in [0.1, 0.15) is 0 Å². The van der Waals surface area contributed by atoms with Crippen molar-refractivity contribution in [2.24, 2.45) is 0 Å².